The van der Waals surface area contributed by atoms with Crippen molar-refractivity contribution in [3.05, 3.63) is 96.1 Å². The average Bonchev–Trinajstić information content (AvgIpc) is 3.11. The van der Waals surface area contributed by atoms with Crippen molar-refractivity contribution in [3.8, 4) is 0 Å². The zero-order valence-electron chi connectivity index (χ0n) is 35.1. The van der Waals surface area contributed by atoms with Crippen LogP contribution in [0.4, 0.5) is 10.5 Å². The number of rotatable bonds is 18. The van der Waals surface area contributed by atoms with Crippen molar-refractivity contribution in [2.45, 2.75) is 55.9 Å². The molecule has 0 bridgehead atoms. The van der Waals surface area contributed by atoms with Gasteiger partial charge in [0.25, 0.3) is 0 Å². The summed E-state index contributed by atoms with van der Waals surface area (Å²) >= 11 is 0. The van der Waals surface area contributed by atoms with Gasteiger partial charge in [0.2, 0.25) is 15.9 Å². The Morgan fingerprint density at radius 1 is 0.960 bits per heavy atom. The van der Waals surface area contributed by atoms with Gasteiger partial charge in [0.15, 0.2) is 0 Å². The third-order valence-electron chi connectivity index (χ3n) is 7.29. The molecule has 0 aliphatic carbocycles. The molecule has 3 aromatic carbocycles. The van der Waals surface area contributed by atoms with Gasteiger partial charge in [-0.1, -0.05) is 80.8 Å². The van der Waals surface area contributed by atoms with Crippen LogP contribution < -0.4 is 85.3 Å². The molecule has 4 N–H and O–H groups in total. The fourth-order valence-electron chi connectivity index (χ4n) is 5.04. The van der Waals surface area contributed by atoms with Crippen LogP contribution in [0.5, 0.6) is 0 Å². The summed E-state index contributed by atoms with van der Waals surface area (Å²) in [4.78, 5) is 48.8. The van der Waals surface area contributed by atoms with Gasteiger partial charge in [0.05, 0.1) is 26.4 Å². The number of nitrogens with two attached hydrogens (primary N) is 1. The van der Waals surface area contributed by atoms with Gasteiger partial charge in [-0.25, -0.2) is 13.2 Å². The molecule has 0 aliphatic rings. The standard InChI is InChI=1S/C33H45N4O9PS.2Na/c1-24(2)22-37(48(43,44)29-19-17-27(34)18-20-29)28(23-46-47(40,41)42)16-10-11-21-35-32(38)31(36-33(39)45-3)30(25-12-6-4-7-13-25)26-14-8-5-9-15-26;;/h4-9,12-15,17-20,24,28,30-31H,10-11,16,21-23,34H2,1-3H3,(H,35,38)(H,36,39)(H2,40,41,42);;/q;2*+1/p-2/t28-,31-;;/m0../s1/i1D3,2D3,24D;;. The number of amides is 2. The van der Waals surface area contributed by atoms with E-state index in [9.17, 15) is 32.4 Å². The van der Waals surface area contributed by atoms with Crippen LogP contribution in [0.25, 0.3) is 0 Å². The van der Waals surface area contributed by atoms with Crippen molar-refractivity contribution in [1.29, 1.82) is 0 Å². The third-order valence-corrected chi connectivity index (χ3v) is 9.67. The summed E-state index contributed by atoms with van der Waals surface area (Å²) in [5.74, 6) is -4.73. The second kappa shape index (κ2) is 22.3. The first-order valence-electron chi connectivity index (χ1n) is 18.3. The predicted octanol–water partition coefficient (Wildman–Crippen LogP) is -3.02. The summed E-state index contributed by atoms with van der Waals surface area (Å²) in [5, 5.41) is 5.31. The molecule has 2 amide bonds. The van der Waals surface area contributed by atoms with Gasteiger partial charge in [-0.2, -0.15) is 4.31 Å². The minimum atomic E-state index is -5.76. The first-order valence-corrected chi connectivity index (χ1v) is 17.7. The maximum absolute atomic E-state index is 14.1. The van der Waals surface area contributed by atoms with Crippen LogP contribution in [-0.2, 0) is 28.6 Å². The molecule has 50 heavy (non-hydrogen) atoms. The van der Waals surface area contributed by atoms with Crippen LogP contribution in [0.15, 0.2) is 89.8 Å². The molecule has 0 fully saturated rings. The molecule has 3 rings (SSSR count). The van der Waals surface area contributed by atoms with E-state index < -0.39 is 85.5 Å². The molecular weight excluding hydrogens is 705 g/mol. The summed E-state index contributed by atoms with van der Waals surface area (Å²) in [7, 11) is -9.54. The van der Waals surface area contributed by atoms with Crippen molar-refractivity contribution < 1.29 is 110 Å². The first-order chi connectivity index (χ1) is 25.5. The number of nitrogens with one attached hydrogen (secondary N) is 2. The SMILES string of the molecule is [2H]C([2H])([2H])C([2H])(CN([C@@H](CCCCNC(=O)[C@@H](NC(=O)OC)C(c1ccccc1)c1ccccc1)COP(=O)([O-])[O-])S(=O)(=O)c1ccc(N)cc1)C([2H])([2H])[2H].[Na+].[Na+]. The van der Waals surface area contributed by atoms with Crippen LogP contribution >= 0.6 is 7.82 Å². The minimum absolute atomic E-state index is 0. The Labute approximate surface area is 348 Å². The molecule has 0 aliphatic heterocycles. The summed E-state index contributed by atoms with van der Waals surface area (Å²) in [6.07, 6.45) is -1.20. The maximum Gasteiger partial charge on any atom is 1.00 e. The van der Waals surface area contributed by atoms with E-state index in [1.54, 1.807) is 60.7 Å². The van der Waals surface area contributed by atoms with Gasteiger partial charge in [0, 0.05) is 40.3 Å². The number of benzene rings is 3. The molecule has 0 saturated heterocycles. The Balaban J connectivity index is 0.00000812. The molecule has 17 heteroatoms. The molecule has 0 heterocycles. The average molecular weight is 756 g/mol. The smallest absolute Gasteiger partial charge is 0.790 e. The summed E-state index contributed by atoms with van der Waals surface area (Å²) in [6, 6.07) is 19.4. The molecule has 13 nitrogen and oxygen atoms in total. The van der Waals surface area contributed by atoms with Crippen molar-refractivity contribution in [1.82, 2.24) is 14.9 Å². The number of phosphoric ester groups is 1. The summed E-state index contributed by atoms with van der Waals surface area (Å²) in [6.45, 7) is -9.88. The van der Waals surface area contributed by atoms with Gasteiger partial charge < -0.3 is 40.0 Å². The molecular formula is C33H43N4Na2O9PS. The number of carbonyl (C=O) groups is 2. The monoisotopic (exact) mass is 755 g/mol. The number of unbranched alkanes of at least 4 members (excludes halogenated alkanes) is 1. The third kappa shape index (κ3) is 14.7. The van der Waals surface area contributed by atoms with Crippen LogP contribution in [0.3, 0.4) is 0 Å². The van der Waals surface area contributed by atoms with E-state index >= 15 is 0 Å². The Morgan fingerprint density at radius 2 is 1.52 bits per heavy atom. The molecule has 0 aromatic heterocycles. The number of methoxy groups -OCH3 is 1. The molecule has 0 radical (unpaired) electrons. The Hall–Kier alpha value is -1.78. The number of sulfonamides is 1. The zero-order chi connectivity index (χ0) is 41.2. The molecule has 262 valence electrons. The van der Waals surface area contributed by atoms with E-state index in [0.717, 1.165) is 19.2 Å². The largest absolute Gasteiger partial charge is 1.00 e. The van der Waals surface area contributed by atoms with Crippen LogP contribution in [0, 0.1) is 5.89 Å². The number of phosphoric acid groups is 1. The number of ether oxygens (including phenoxy) is 1. The van der Waals surface area contributed by atoms with Gasteiger partial charge in [-0.15, -0.1) is 0 Å². The molecule has 0 spiro atoms. The van der Waals surface area contributed by atoms with E-state index in [1.807, 2.05) is 0 Å². The second-order valence-electron chi connectivity index (χ2n) is 10.7. The topological polar surface area (TPSA) is 203 Å². The molecule has 2 atom stereocenters. The Morgan fingerprint density at radius 3 is 2.02 bits per heavy atom. The minimum Gasteiger partial charge on any atom is -0.790 e. The number of alkyl carbamates (subject to hydrolysis) is 1. The zero-order valence-corrected chi connectivity index (χ0v) is 33.8. The van der Waals surface area contributed by atoms with E-state index in [4.69, 9.17) is 20.1 Å². The van der Waals surface area contributed by atoms with E-state index in [1.165, 1.54) is 12.1 Å². The summed E-state index contributed by atoms with van der Waals surface area (Å²) in [5.41, 5.74) is 7.24. The van der Waals surface area contributed by atoms with Crippen molar-refractivity contribution in [2.24, 2.45) is 5.89 Å². The van der Waals surface area contributed by atoms with E-state index in [2.05, 4.69) is 15.2 Å². The van der Waals surface area contributed by atoms with Crippen molar-refractivity contribution in [3.63, 3.8) is 0 Å². The molecule has 0 unspecified atom stereocenters. The molecule has 3 aromatic rings. The van der Waals surface area contributed by atoms with E-state index in [-0.39, 0.29) is 90.6 Å². The quantitative estimate of drug-likeness (QED) is 0.0519. The van der Waals surface area contributed by atoms with Crippen LogP contribution in [-0.4, -0.2) is 63.6 Å². The fourth-order valence-corrected chi connectivity index (χ4v) is 7.00. The normalized spacial score (nSPS) is 15.6. The van der Waals surface area contributed by atoms with Gasteiger partial charge in [-0.3, -0.25) is 4.79 Å². The van der Waals surface area contributed by atoms with Crippen molar-refractivity contribution in [2.75, 3.05) is 32.5 Å². The number of hydrogen-bond donors (Lipinski definition) is 3. The fraction of sp³-hybridized carbons (Fsp3) is 0.394. The summed E-state index contributed by atoms with van der Waals surface area (Å²) < 4.78 is 105. The predicted molar refractivity (Wildman–Crippen MR) is 178 cm³/mol. The first kappa shape index (κ1) is 35.3. The van der Waals surface area contributed by atoms with Gasteiger partial charge in [0.1, 0.15) is 6.04 Å². The maximum atomic E-state index is 14.1. The van der Waals surface area contributed by atoms with Gasteiger partial charge >= 0.3 is 65.2 Å². The number of nitrogen functional groups attached to an aromatic ring is 1. The number of anilines is 1. The Bertz CT molecular complexity index is 1830. The van der Waals surface area contributed by atoms with Crippen molar-refractivity contribution >= 4 is 35.5 Å². The Kier molecular flexibility index (Phi) is 15.7. The number of carbonyl (C=O) groups excluding carboxylic acids is 2. The number of nitrogens with zero attached hydrogens (tertiary/aromatic N) is 1. The van der Waals surface area contributed by atoms with Crippen LogP contribution in [0.1, 0.15) is 59.6 Å². The number of hydrogen-bond acceptors (Lipinski definition) is 10. The van der Waals surface area contributed by atoms with Gasteiger partial charge in [-0.05, 0) is 54.1 Å². The second-order valence-corrected chi connectivity index (χ2v) is 13.7. The molecule has 0 saturated carbocycles. The van der Waals surface area contributed by atoms with E-state index in [0.29, 0.717) is 15.4 Å². The van der Waals surface area contributed by atoms with Crippen LogP contribution in [0.2, 0.25) is 0 Å².